The van der Waals surface area contributed by atoms with Gasteiger partial charge in [-0.1, -0.05) is 30.3 Å². The summed E-state index contributed by atoms with van der Waals surface area (Å²) in [5, 5.41) is 5.03. The van der Waals surface area contributed by atoms with E-state index >= 15 is 0 Å². The van der Waals surface area contributed by atoms with Crippen LogP contribution in [0.3, 0.4) is 0 Å². The minimum Gasteiger partial charge on any atom is -0.456 e. The Kier molecular flexibility index (Phi) is 6.59. The normalized spacial score (nSPS) is 16.4. The first-order valence-electron chi connectivity index (χ1n) is 9.42. The maximum atomic E-state index is 12.2. The van der Waals surface area contributed by atoms with Crippen LogP contribution in [-0.4, -0.2) is 29.6 Å². The molecule has 0 saturated carbocycles. The van der Waals surface area contributed by atoms with Gasteiger partial charge in [0.1, 0.15) is 0 Å². The first-order valence-corrected chi connectivity index (χ1v) is 10.3. The van der Waals surface area contributed by atoms with Crippen LogP contribution >= 0.6 is 11.8 Å². The van der Waals surface area contributed by atoms with E-state index in [-0.39, 0.29) is 30.9 Å². The Bertz CT molecular complexity index is 944. The number of hydrogen-bond acceptors (Lipinski definition) is 5. The quantitative estimate of drug-likeness (QED) is 0.709. The molecule has 0 radical (unpaired) electrons. The van der Waals surface area contributed by atoms with E-state index < -0.39 is 11.2 Å². The molecule has 1 aliphatic heterocycles. The fourth-order valence-corrected chi connectivity index (χ4v) is 4.08. The van der Waals surface area contributed by atoms with Crippen molar-refractivity contribution >= 4 is 35.2 Å². The highest BCUT2D eigenvalue weighted by atomic mass is 32.2. The summed E-state index contributed by atoms with van der Waals surface area (Å²) in [5.74, 6) is -1.19. The summed E-state index contributed by atoms with van der Waals surface area (Å²) in [6.07, 6.45) is -0.0924. The zero-order chi connectivity index (χ0) is 21.0. The minimum absolute atomic E-state index is 0.0924. The zero-order valence-corrected chi connectivity index (χ0v) is 17.5. The Hall–Kier alpha value is -2.80. The molecule has 2 N–H and O–H groups in total. The molecule has 0 bridgehead atoms. The molecule has 0 aromatic heterocycles. The van der Waals surface area contributed by atoms with Gasteiger partial charge >= 0.3 is 5.97 Å². The van der Waals surface area contributed by atoms with E-state index in [4.69, 9.17) is 4.74 Å². The number of ether oxygens (including phenoxy) is 1. The third-order valence-electron chi connectivity index (χ3n) is 4.83. The van der Waals surface area contributed by atoms with Crippen LogP contribution in [-0.2, 0) is 19.1 Å². The van der Waals surface area contributed by atoms with Crippen LogP contribution in [0.4, 0.5) is 5.69 Å². The highest BCUT2D eigenvalue weighted by molar-refractivity contribution is 8.01. The van der Waals surface area contributed by atoms with Crippen molar-refractivity contribution in [2.45, 2.75) is 43.4 Å². The number of benzene rings is 2. The van der Waals surface area contributed by atoms with E-state index in [1.165, 1.54) is 17.3 Å². The molecule has 0 aliphatic carbocycles. The van der Waals surface area contributed by atoms with Gasteiger partial charge in [0.2, 0.25) is 5.91 Å². The third-order valence-corrected chi connectivity index (χ3v) is 6.11. The third kappa shape index (κ3) is 5.38. The van der Waals surface area contributed by atoms with Crippen molar-refractivity contribution in [3.8, 4) is 0 Å². The molecule has 0 saturated heterocycles. The molecule has 1 heterocycles. The van der Waals surface area contributed by atoms with E-state index in [1.54, 1.807) is 0 Å². The van der Waals surface area contributed by atoms with Gasteiger partial charge in [0.25, 0.3) is 5.91 Å². The number of para-hydroxylation sites is 1. The molecule has 2 aromatic rings. The molecule has 152 valence electrons. The number of rotatable bonds is 6. The van der Waals surface area contributed by atoms with Crippen LogP contribution in [0.5, 0.6) is 0 Å². The lowest BCUT2D eigenvalue weighted by Crippen LogP contribution is -2.34. The molecule has 0 fully saturated rings. The van der Waals surface area contributed by atoms with Crippen LogP contribution in [0, 0.1) is 13.8 Å². The molecule has 1 aliphatic rings. The highest BCUT2D eigenvalue weighted by Gasteiger charge is 2.29. The monoisotopic (exact) mass is 412 g/mol. The number of nitrogens with one attached hydrogen (secondary N) is 2. The van der Waals surface area contributed by atoms with Crippen molar-refractivity contribution < 1.29 is 19.1 Å². The minimum atomic E-state index is -0.578. The molecular formula is C22H24N2O4S. The molecule has 2 aromatic carbocycles. The van der Waals surface area contributed by atoms with Crippen LogP contribution in [0.1, 0.15) is 36.1 Å². The molecule has 0 spiro atoms. The first-order chi connectivity index (χ1) is 13.8. The van der Waals surface area contributed by atoms with Crippen molar-refractivity contribution in [1.82, 2.24) is 5.32 Å². The zero-order valence-electron chi connectivity index (χ0n) is 16.7. The number of thioether (sulfide) groups is 1. The van der Waals surface area contributed by atoms with E-state index in [9.17, 15) is 14.4 Å². The number of fused-ring (bicyclic) bond motifs is 1. The lowest BCUT2D eigenvalue weighted by molar-refractivity contribution is -0.149. The van der Waals surface area contributed by atoms with Gasteiger partial charge in [-0.05, 0) is 49.6 Å². The van der Waals surface area contributed by atoms with Gasteiger partial charge < -0.3 is 15.4 Å². The average Bonchev–Trinajstić information content (AvgIpc) is 2.69. The Morgan fingerprint density at radius 3 is 2.69 bits per heavy atom. The van der Waals surface area contributed by atoms with Crippen molar-refractivity contribution in [3.05, 3.63) is 59.2 Å². The van der Waals surface area contributed by atoms with Gasteiger partial charge in [-0.3, -0.25) is 14.4 Å². The summed E-state index contributed by atoms with van der Waals surface area (Å²) in [7, 11) is 0. The molecule has 2 amide bonds. The van der Waals surface area contributed by atoms with Gasteiger partial charge in [-0.25, -0.2) is 0 Å². The number of carbonyl (C=O) groups excluding carboxylic acids is 3. The summed E-state index contributed by atoms with van der Waals surface area (Å²) in [6.45, 7) is 5.56. The van der Waals surface area contributed by atoms with Crippen LogP contribution < -0.4 is 10.6 Å². The number of aryl methyl sites for hydroxylation is 2. The SMILES string of the molecule is Cc1ccc([C@H](C)NC(=O)COC(=O)C[C@H]2Sc3ccccc3NC2=O)cc1C. The van der Waals surface area contributed by atoms with Gasteiger partial charge in [-0.2, -0.15) is 0 Å². The van der Waals surface area contributed by atoms with Gasteiger partial charge in [0, 0.05) is 4.90 Å². The Morgan fingerprint density at radius 1 is 1.17 bits per heavy atom. The molecule has 2 atom stereocenters. The Balaban J connectivity index is 1.47. The fourth-order valence-electron chi connectivity index (χ4n) is 2.98. The van der Waals surface area contributed by atoms with E-state index in [0.29, 0.717) is 0 Å². The summed E-state index contributed by atoms with van der Waals surface area (Å²) >= 11 is 1.32. The number of amides is 2. The topological polar surface area (TPSA) is 84.5 Å². The van der Waals surface area contributed by atoms with E-state index in [2.05, 4.69) is 10.6 Å². The Labute approximate surface area is 174 Å². The number of carbonyl (C=O) groups is 3. The van der Waals surface area contributed by atoms with Crippen LogP contribution in [0.2, 0.25) is 0 Å². The fraction of sp³-hybridized carbons (Fsp3) is 0.318. The maximum Gasteiger partial charge on any atom is 0.307 e. The summed E-state index contributed by atoms with van der Waals surface area (Å²) in [4.78, 5) is 37.3. The van der Waals surface area contributed by atoms with Crippen molar-refractivity contribution in [2.24, 2.45) is 0 Å². The van der Waals surface area contributed by atoms with Crippen LogP contribution in [0.15, 0.2) is 47.4 Å². The lowest BCUT2D eigenvalue weighted by atomic mass is 10.0. The Morgan fingerprint density at radius 2 is 1.93 bits per heavy atom. The van der Waals surface area contributed by atoms with Crippen molar-refractivity contribution in [1.29, 1.82) is 0 Å². The van der Waals surface area contributed by atoms with Crippen molar-refractivity contribution in [2.75, 3.05) is 11.9 Å². The summed E-state index contributed by atoms with van der Waals surface area (Å²) in [5.41, 5.74) is 4.07. The molecule has 6 nitrogen and oxygen atoms in total. The average molecular weight is 413 g/mol. The van der Waals surface area contributed by atoms with Crippen molar-refractivity contribution in [3.63, 3.8) is 0 Å². The molecule has 3 rings (SSSR count). The second kappa shape index (κ2) is 9.13. The van der Waals surface area contributed by atoms with Crippen LogP contribution in [0.25, 0.3) is 0 Å². The second-order valence-corrected chi connectivity index (χ2v) is 8.33. The summed E-state index contributed by atoms with van der Waals surface area (Å²) < 4.78 is 5.08. The number of anilines is 1. The van der Waals surface area contributed by atoms with Gasteiger partial charge in [0.15, 0.2) is 6.61 Å². The van der Waals surface area contributed by atoms with E-state index in [0.717, 1.165) is 21.7 Å². The van der Waals surface area contributed by atoms with Gasteiger partial charge in [0.05, 0.1) is 23.4 Å². The maximum absolute atomic E-state index is 12.2. The molecule has 29 heavy (non-hydrogen) atoms. The first kappa shape index (κ1) is 20.9. The standard InChI is InChI=1S/C22H24N2O4S/c1-13-8-9-16(10-14(13)2)15(3)23-20(25)12-28-21(26)11-19-22(27)24-17-6-4-5-7-18(17)29-19/h4-10,15,19H,11-12H2,1-3H3,(H,23,25)(H,24,27)/t15-,19+/m0/s1. The predicted octanol–water partition coefficient (Wildman–Crippen LogP) is 3.53. The molecule has 0 unspecified atom stereocenters. The second-order valence-electron chi connectivity index (χ2n) is 7.09. The largest absolute Gasteiger partial charge is 0.456 e. The number of hydrogen-bond donors (Lipinski definition) is 2. The van der Waals surface area contributed by atoms with Gasteiger partial charge in [-0.15, -0.1) is 11.8 Å². The highest BCUT2D eigenvalue weighted by Crippen LogP contribution is 2.36. The lowest BCUT2D eigenvalue weighted by Gasteiger charge is -2.23. The molecule has 7 heteroatoms. The number of esters is 1. The van der Waals surface area contributed by atoms with E-state index in [1.807, 2.05) is 63.2 Å². The predicted molar refractivity (Wildman–Crippen MR) is 113 cm³/mol. The smallest absolute Gasteiger partial charge is 0.307 e. The summed E-state index contributed by atoms with van der Waals surface area (Å²) in [6, 6.07) is 13.2. The molecular weight excluding hydrogens is 388 g/mol.